The number of halogens is 1. The molecular formula is C15H14FN3O2S. The third kappa shape index (κ3) is 2.59. The Morgan fingerprint density at radius 3 is 2.95 bits per heavy atom. The van der Waals surface area contributed by atoms with Crippen LogP contribution in [-0.2, 0) is 9.59 Å². The van der Waals surface area contributed by atoms with Crippen molar-refractivity contribution >= 4 is 34.0 Å². The van der Waals surface area contributed by atoms with E-state index in [2.05, 4.69) is 10.3 Å². The van der Waals surface area contributed by atoms with Gasteiger partial charge >= 0.3 is 0 Å². The quantitative estimate of drug-likeness (QED) is 0.925. The second kappa shape index (κ2) is 5.49. The molecule has 2 heterocycles. The van der Waals surface area contributed by atoms with E-state index in [1.54, 1.807) is 13.1 Å². The number of aromatic nitrogens is 1. The SMILES string of the molecule is Cc1csc(N(C)C(=O)[C@@H]2CC(=O)Nc3cc(F)ccc32)n1. The zero-order valence-electron chi connectivity index (χ0n) is 12.1. The number of amides is 2. The van der Waals surface area contributed by atoms with Gasteiger partial charge in [-0.1, -0.05) is 6.07 Å². The number of carbonyl (C=O) groups excluding carboxylic acids is 2. The first-order chi connectivity index (χ1) is 10.5. The van der Waals surface area contributed by atoms with Crippen LogP contribution in [0.1, 0.15) is 23.6 Å². The highest BCUT2D eigenvalue weighted by Crippen LogP contribution is 2.35. The standard InChI is InChI=1S/C15H14FN3O2S/c1-8-7-22-15(17-8)19(2)14(21)11-6-13(20)18-12-5-9(16)3-4-10(11)12/h3-5,7,11H,6H2,1-2H3,(H,18,20)/t11-/m1/s1. The van der Waals surface area contributed by atoms with Crippen LogP contribution in [0, 0.1) is 12.7 Å². The Bertz CT molecular complexity index is 759. The van der Waals surface area contributed by atoms with Crippen molar-refractivity contribution in [1.82, 2.24) is 4.98 Å². The van der Waals surface area contributed by atoms with Gasteiger partial charge in [0.2, 0.25) is 11.8 Å². The van der Waals surface area contributed by atoms with Crippen LogP contribution < -0.4 is 10.2 Å². The second-order valence-corrected chi connectivity index (χ2v) is 6.04. The van der Waals surface area contributed by atoms with Crippen LogP contribution in [0.5, 0.6) is 0 Å². The summed E-state index contributed by atoms with van der Waals surface area (Å²) in [5.41, 5.74) is 1.83. The predicted octanol–water partition coefficient (Wildman–Crippen LogP) is 2.68. The first kappa shape index (κ1) is 14.6. The maximum absolute atomic E-state index is 13.3. The number of anilines is 2. The van der Waals surface area contributed by atoms with Crippen molar-refractivity contribution in [2.45, 2.75) is 19.3 Å². The third-order valence-corrected chi connectivity index (χ3v) is 4.61. The molecule has 1 aliphatic rings. The summed E-state index contributed by atoms with van der Waals surface area (Å²) in [7, 11) is 1.64. The van der Waals surface area contributed by atoms with Gasteiger partial charge in [0.25, 0.3) is 0 Å². The number of nitrogens with one attached hydrogen (secondary N) is 1. The number of hydrogen-bond acceptors (Lipinski definition) is 4. The van der Waals surface area contributed by atoms with Crippen LogP contribution >= 0.6 is 11.3 Å². The van der Waals surface area contributed by atoms with Crippen molar-refractivity contribution in [2.24, 2.45) is 0 Å². The Morgan fingerprint density at radius 2 is 2.27 bits per heavy atom. The largest absolute Gasteiger partial charge is 0.326 e. The van der Waals surface area contributed by atoms with E-state index in [-0.39, 0.29) is 18.2 Å². The fraction of sp³-hybridized carbons (Fsp3) is 0.267. The van der Waals surface area contributed by atoms with Crippen molar-refractivity contribution in [1.29, 1.82) is 0 Å². The van der Waals surface area contributed by atoms with Gasteiger partial charge in [0.05, 0.1) is 11.6 Å². The minimum absolute atomic E-state index is 0.0478. The highest BCUT2D eigenvalue weighted by atomic mass is 32.1. The van der Waals surface area contributed by atoms with Gasteiger partial charge in [0.15, 0.2) is 5.13 Å². The lowest BCUT2D eigenvalue weighted by molar-refractivity contribution is -0.124. The first-order valence-corrected chi connectivity index (χ1v) is 7.62. The van der Waals surface area contributed by atoms with E-state index in [0.717, 1.165) is 5.69 Å². The molecule has 0 fully saturated rings. The highest BCUT2D eigenvalue weighted by molar-refractivity contribution is 7.14. The summed E-state index contributed by atoms with van der Waals surface area (Å²) in [6.07, 6.45) is 0.0478. The molecule has 7 heteroatoms. The lowest BCUT2D eigenvalue weighted by Gasteiger charge is -2.27. The maximum Gasteiger partial charge on any atom is 0.236 e. The summed E-state index contributed by atoms with van der Waals surface area (Å²) >= 11 is 1.37. The van der Waals surface area contributed by atoms with Crippen LogP contribution in [0.15, 0.2) is 23.6 Å². The molecule has 1 atom stereocenters. The summed E-state index contributed by atoms with van der Waals surface area (Å²) < 4.78 is 13.3. The molecule has 2 aromatic rings. The van der Waals surface area contributed by atoms with E-state index in [9.17, 15) is 14.0 Å². The number of rotatable bonds is 2. The summed E-state index contributed by atoms with van der Waals surface area (Å²) in [5, 5.41) is 5.04. The molecule has 0 bridgehead atoms. The van der Waals surface area contributed by atoms with Crippen LogP contribution in [0.25, 0.3) is 0 Å². The Morgan fingerprint density at radius 1 is 1.50 bits per heavy atom. The van der Waals surface area contributed by atoms with Crippen molar-refractivity contribution in [3.05, 3.63) is 40.7 Å². The summed E-state index contributed by atoms with van der Waals surface area (Å²) in [5.74, 6) is -1.59. The van der Waals surface area contributed by atoms with Gasteiger partial charge < -0.3 is 5.32 Å². The normalized spacial score (nSPS) is 16.9. The van der Waals surface area contributed by atoms with Gasteiger partial charge in [-0.2, -0.15) is 0 Å². The second-order valence-electron chi connectivity index (χ2n) is 5.21. The van der Waals surface area contributed by atoms with Crippen molar-refractivity contribution in [2.75, 3.05) is 17.3 Å². The smallest absolute Gasteiger partial charge is 0.236 e. The molecule has 0 radical (unpaired) electrons. The molecule has 1 N–H and O–H groups in total. The number of benzene rings is 1. The van der Waals surface area contributed by atoms with Crippen molar-refractivity contribution in [3.63, 3.8) is 0 Å². The number of likely N-dealkylation sites (N-methyl/N-ethyl adjacent to an activating group) is 1. The lowest BCUT2D eigenvalue weighted by atomic mass is 9.89. The molecule has 0 unspecified atom stereocenters. The molecule has 22 heavy (non-hydrogen) atoms. The van der Waals surface area contributed by atoms with Crippen molar-refractivity contribution < 1.29 is 14.0 Å². The third-order valence-electron chi connectivity index (χ3n) is 3.58. The Balaban J connectivity index is 1.94. The molecule has 0 saturated carbocycles. The molecule has 114 valence electrons. The molecule has 1 aromatic heterocycles. The minimum Gasteiger partial charge on any atom is -0.326 e. The van der Waals surface area contributed by atoms with E-state index in [0.29, 0.717) is 16.4 Å². The Kier molecular flexibility index (Phi) is 3.66. The molecule has 2 amide bonds. The summed E-state index contributed by atoms with van der Waals surface area (Å²) in [4.78, 5) is 30.2. The fourth-order valence-electron chi connectivity index (χ4n) is 2.48. The van der Waals surface area contributed by atoms with Crippen LogP contribution in [0.4, 0.5) is 15.2 Å². The van der Waals surface area contributed by atoms with Gasteiger partial charge in [-0.05, 0) is 24.6 Å². The Labute approximate surface area is 130 Å². The molecule has 1 aromatic carbocycles. The predicted molar refractivity (Wildman–Crippen MR) is 82.6 cm³/mol. The van der Waals surface area contributed by atoms with Crippen molar-refractivity contribution in [3.8, 4) is 0 Å². The molecule has 0 saturated heterocycles. The van der Waals surface area contributed by atoms with Gasteiger partial charge in [0, 0.05) is 24.5 Å². The number of carbonyl (C=O) groups is 2. The van der Waals surface area contributed by atoms with E-state index in [4.69, 9.17) is 0 Å². The first-order valence-electron chi connectivity index (χ1n) is 6.74. The number of aryl methyl sites for hydroxylation is 1. The average Bonchev–Trinajstić information content (AvgIpc) is 2.91. The van der Waals surface area contributed by atoms with Gasteiger partial charge in [-0.25, -0.2) is 9.37 Å². The molecular weight excluding hydrogens is 305 g/mol. The summed E-state index contributed by atoms with van der Waals surface area (Å²) in [6.45, 7) is 1.85. The molecule has 0 aliphatic carbocycles. The van der Waals surface area contributed by atoms with Crippen LogP contribution in [0.3, 0.4) is 0 Å². The average molecular weight is 319 g/mol. The fourth-order valence-corrected chi connectivity index (χ4v) is 3.25. The van der Waals surface area contributed by atoms with Crippen LogP contribution in [0.2, 0.25) is 0 Å². The van der Waals surface area contributed by atoms with E-state index < -0.39 is 11.7 Å². The summed E-state index contributed by atoms with van der Waals surface area (Å²) in [6, 6.07) is 4.08. The minimum atomic E-state index is -0.626. The van der Waals surface area contributed by atoms with Gasteiger partial charge in [0.1, 0.15) is 5.82 Å². The monoisotopic (exact) mass is 319 g/mol. The molecule has 5 nitrogen and oxygen atoms in total. The zero-order valence-corrected chi connectivity index (χ0v) is 12.9. The highest BCUT2D eigenvalue weighted by Gasteiger charge is 2.33. The Hall–Kier alpha value is -2.28. The van der Waals surface area contributed by atoms with E-state index in [1.165, 1.54) is 28.4 Å². The number of thiazole rings is 1. The molecule has 3 rings (SSSR count). The van der Waals surface area contributed by atoms with Gasteiger partial charge in [-0.15, -0.1) is 11.3 Å². The molecule has 0 spiro atoms. The van der Waals surface area contributed by atoms with E-state index in [1.807, 2.05) is 12.3 Å². The number of hydrogen-bond donors (Lipinski definition) is 1. The lowest BCUT2D eigenvalue weighted by Crippen LogP contribution is -2.36. The topological polar surface area (TPSA) is 62.3 Å². The maximum atomic E-state index is 13.3. The zero-order chi connectivity index (χ0) is 15.9. The van der Waals surface area contributed by atoms with E-state index >= 15 is 0 Å². The molecule has 1 aliphatic heterocycles. The number of fused-ring (bicyclic) bond motifs is 1. The number of nitrogens with zero attached hydrogens (tertiary/aromatic N) is 2. The van der Waals surface area contributed by atoms with Gasteiger partial charge in [-0.3, -0.25) is 14.5 Å². The van der Waals surface area contributed by atoms with Crippen LogP contribution in [-0.4, -0.2) is 23.8 Å².